The van der Waals surface area contributed by atoms with E-state index in [4.69, 9.17) is 22.1 Å². The predicted octanol–water partition coefficient (Wildman–Crippen LogP) is 2.79. The van der Waals surface area contributed by atoms with Gasteiger partial charge in [-0.2, -0.15) is 0 Å². The van der Waals surface area contributed by atoms with E-state index in [-0.39, 0.29) is 5.91 Å². The number of benzene rings is 1. The van der Waals surface area contributed by atoms with Crippen LogP contribution in [0.4, 0.5) is 10.8 Å². The fourth-order valence-corrected chi connectivity index (χ4v) is 3.00. The predicted molar refractivity (Wildman–Crippen MR) is 80.5 cm³/mol. The second-order valence-corrected chi connectivity index (χ2v) is 5.72. The third-order valence-electron chi connectivity index (χ3n) is 3.06. The molecule has 1 aromatic carbocycles. The number of aromatic nitrogens is 1. The van der Waals surface area contributed by atoms with Gasteiger partial charge in [-0.05, 0) is 12.1 Å². The zero-order chi connectivity index (χ0) is 14.3. The van der Waals surface area contributed by atoms with Crippen molar-refractivity contribution < 1.29 is 9.53 Å². The number of halogens is 1. The van der Waals surface area contributed by atoms with E-state index in [1.54, 1.807) is 17.0 Å². The highest BCUT2D eigenvalue weighted by atomic mass is 35.5. The third-order valence-corrected chi connectivity index (χ3v) is 3.96. The molecule has 1 aliphatic rings. The van der Waals surface area contributed by atoms with Crippen molar-refractivity contribution in [1.82, 2.24) is 4.98 Å². The fraction of sp³-hybridized carbons (Fsp3) is 0.231. The summed E-state index contributed by atoms with van der Waals surface area (Å²) < 4.78 is 5.72. The van der Waals surface area contributed by atoms with Gasteiger partial charge in [0.15, 0.2) is 10.9 Å². The van der Waals surface area contributed by atoms with Crippen LogP contribution in [0.3, 0.4) is 0 Å². The molecule has 7 heteroatoms. The van der Waals surface area contributed by atoms with E-state index in [2.05, 4.69) is 4.98 Å². The molecule has 1 amide bonds. The number of nitrogens with zero attached hydrogens (tertiary/aromatic N) is 2. The summed E-state index contributed by atoms with van der Waals surface area (Å²) in [6.07, 6.45) is 0. The van der Waals surface area contributed by atoms with Gasteiger partial charge in [-0.15, -0.1) is 11.3 Å². The van der Waals surface area contributed by atoms with Gasteiger partial charge in [0.1, 0.15) is 6.61 Å². The number of nitrogen functional groups attached to an aromatic ring is 1. The molecule has 0 saturated carbocycles. The number of rotatable bonds is 1. The van der Waals surface area contributed by atoms with Crippen molar-refractivity contribution in [1.29, 1.82) is 0 Å². The van der Waals surface area contributed by atoms with Crippen molar-refractivity contribution in [3.8, 4) is 17.0 Å². The molecule has 0 bridgehead atoms. The zero-order valence-electron chi connectivity index (χ0n) is 10.7. The lowest BCUT2D eigenvalue weighted by molar-refractivity contribution is -0.116. The molecule has 0 spiro atoms. The van der Waals surface area contributed by atoms with Crippen molar-refractivity contribution in [2.75, 3.05) is 23.8 Å². The van der Waals surface area contributed by atoms with Gasteiger partial charge in [0.25, 0.3) is 0 Å². The van der Waals surface area contributed by atoms with Crippen molar-refractivity contribution in [2.45, 2.75) is 6.92 Å². The highest BCUT2D eigenvalue weighted by Crippen LogP contribution is 2.43. The Hall–Kier alpha value is -1.79. The lowest BCUT2D eigenvalue weighted by Gasteiger charge is -2.30. The summed E-state index contributed by atoms with van der Waals surface area (Å²) >= 11 is 7.51. The van der Waals surface area contributed by atoms with Crippen LogP contribution in [0.2, 0.25) is 5.02 Å². The van der Waals surface area contributed by atoms with Gasteiger partial charge in [0, 0.05) is 22.9 Å². The fourth-order valence-electron chi connectivity index (χ4n) is 2.22. The van der Waals surface area contributed by atoms with Gasteiger partial charge in [-0.3, -0.25) is 4.79 Å². The number of anilines is 2. The lowest BCUT2D eigenvalue weighted by atomic mass is 10.1. The minimum absolute atomic E-state index is 0.0411. The monoisotopic (exact) mass is 309 g/mol. The Kier molecular flexibility index (Phi) is 3.27. The van der Waals surface area contributed by atoms with Crippen LogP contribution in [-0.4, -0.2) is 24.0 Å². The number of carbonyl (C=O) groups excluding carboxylic acids is 1. The Bertz CT molecular complexity index is 686. The van der Waals surface area contributed by atoms with Crippen LogP contribution in [-0.2, 0) is 4.79 Å². The molecule has 2 aromatic rings. The molecule has 0 radical (unpaired) electrons. The topological polar surface area (TPSA) is 68.5 Å². The second kappa shape index (κ2) is 4.96. The first kappa shape index (κ1) is 13.2. The van der Waals surface area contributed by atoms with Crippen LogP contribution < -0.4 is 15.4 Å². The average Bonchev–Trinajstić information content (AvgIpc) is 2.83. The zero-order valence-corrected chi connectivity index (χ0v) is 12.3. The molecule has 5 nitrogen and oxygen atoms in total. The molecule has 0 fully saturated rings. The average molecular weight is 310 g/mol. The number of fused-ring (bicyclic) bond motifs is 1. The summed E-state index contributed by atoms with van der Waals surface area (Å²) in [6, 6.07) is 3.51. The minimum atomic E-state index is -0.0411. The van der Waals surface area contributed by atoms with E-state index < -0.39 is 0 Å². The summed E-state index contributed by atoms with van der Waals surface area (Å²) in [5.41, 5.74) is 7.81. The van der Waals surface area contributed by atoms with Crippen LogP contribution >= 0.6 is 22.9 Å². The van der Waals surface area contributed by atoms with Gasteiger partial charge >= 0.3 is 0 Å². The first-order valence-corrected chi connectivity index (χ1v) is 7.28. The molecule has 0 aliphatic carbocycles. The summed E-state index contributed by atoms with van der Waals surface area (Å²) in [4.78, 5) is 17.6. The smallest absolute Gasteiger partial charge is 0.224 e. The molecule has 20 heavy (non-hydrogen) atoms. The molecule has 1 aliphatic heterocycles. The van der Waals surface area contributed by atoms with Crippen molar-refractivity contribution in [2.24, 2.45) is 0 Å². The standard InChI is InChI=1S/C13H12ClN3O2S/c1-7(18)17-2-3-19-12-9(4-8(14)5-11(12)17)10-6-20-13(15)16-10/h4-6H,2-3H2,1H3,(H2,15,16). The summed E-state index contributed by atoms with van der Waals surface area (Å²) in [5, 5.41) is 2.85. The van der Waals surface area contributed by atoms with Gasteiger partial charge in [-0.1, -0.05) is 11.6 Å². The minimum Gasteiger partial charge on any atom is -0.489 e. The Balaban J connectivity index is 2.19. The van der Waals surface area contributed by atoms with Crippen LogP contribution in [0.25, 0.3) is 11.3 Å². The number of nitrogens with two attached hydrogens (primary N) is 1. The summed E-state index contributed by atoms with van der Waals surface area (Å²) in [5.74, 6) is 0.585. The lowest BCUT2D eigenvalue weighted by Crippen LogP contribution is -2.36. The van der Waals surface area contributed by atoms with E-state index >= 15 is 0 Å². The SMILES string of the molecule is CC(=O)N1CCOc2c(-c3csc(N)n3)cc(Cl)cc21. The maximum absolute atomic E-state index is 11.7. The Morgan fingerprint density at radius 3 is 3.00 bits per heavy atom. The number of amides is 1. The van der Waals surface area contributed by atoms with E-state index in [1.807, 2.05) is 5.38 Å². The largest absolute Gasteiger partial charge is 0.489 e. The van der Waals surface area contributed by atoms with Crippen molar-refractivity contribution >= 4 is 39.7 Å². The van der Waals surface area contributed by atoms with E-state index in [9.17, 15) is 4.79 Å². The van der Waals surface area contributed by atoms with Crippen LogP contribution in [0.15, 0.2) is 17.5 Å². The molecule has 0 atom stereocenters. The van der Waals surface area contributed by atoms with E-state index in [0.29, 0.717) is 40.4 Å². The molecule has 0 unspecified atom stereocenters. The first-order chi connectivity index (χ1) is 9.56. The molecule has 1 aromatic heterocycles. The van der Waals surface area contributed by atoms with E-state index in [1.165, 1.54) is 18.3 Å². The van der Waals surface area contributed by atoms with Gasteiger partial charge in [-0.25, -0.2) is 4.98 Å². The maximum Gasteiger partial charge on any atom is 0.224 e. The number of hydrogen-bond donors (Lipinski definition) is 1. The van der Waals surface area contributed by atoms with Gasteiger partial charge < -0.3 is 15.4 Å². The van der Waals surface area contributed by atoms with Crippen molar-refractivity contribution in [3.05, 3.63) is 22.5 Å². The quantitative estimate of drug-likeness (QED) is 0.879. The number of ether oxygens (including phenoxy) is 1. The highest BCUT2D eigenvalue weighted by molar-refractivity contribution is 7.13. The summed E-state index contributed by atoms with van der Waals surface area (Å²) in [7, 11) is 0. The second-order valence-electron chi connectivity index (χ2n) is 4.39. The number of carbonyl (C=O) groups is 1. The Morgan fingerprint density at radius 2 is 2.35 bits per heavy atom. The number of thiazole rings is 1. The Labute approximate surface area is 124 Å². The first-order valence-electron chi connectivity index (χ1n) is 6.02. The van der Waals surface area contributed by atoms with Crippen LogP contribution in [0.5, 0.6) is 5.75 Å². The van der Waals surface area contributed by atoms with Gasteiger partial charge in [0.2, 0.25) is 5.91 Å². The molecule has 2 heterocycles. The van der Waals surface area contributed by atoms with Crippen LogP contribution in [0, 0.1) is 0 Å². The molecule has 3 rings (SSSR count). The molecule has 104 valence electrons. The van der Waals surface area contributed by atoms with Gasteiger partial charge in [0.05, 0.1) is 17.9 Å². The molecule has 2 N–H and O–H groups in total. The van der Waals surface area contributed by atoms with Crippen molar-refractivity contribution in [3.63, 3.8) is 0 Å². The molecular weight excluding hydrogens is 298 g/mol. The third kappa shape index (κ3) is 2.21. The number of hydrogen-bond acceptors (Lipinski definition) is 5. The maximum atomic E-state index is 11.7. The normalized spacial score (nSPS) is 13.8. The molecular formula is C13H12ClN3O2S. The molecule has 0 saturated heterocycles. The Morgan fingerprint density at radius 1 is 1.55 bits per heavy atom. The summed E-state index contributed by atoms with van der Waals surface area (Å²) in [6.45, 7) is 2.48. The highest BCUT2D eigenvalue weighted by Gasteiger charge is 2.25. The van der Waals surface area contributed by atoms with E-state index in [0.717, 1.165) is 5.56 Å². The van der Waals surface area contributed by atoms with Crippen LogP contribution in [0.1, 0.15) is 6.92 Å².